The normalized spacial score (nSPS) is 27.4. The van der Waals surface area contributed by atoms with E-state index in [1.807, 2.05) is 0 Å². The van der Waals surface area contributed by atoms with Crippen molar-refractivity contribution in [1.29, 1.82) is 0 Å². The van der Waals surface area contributed by atoms with Crippen molar-refractivity contribution < 1.29 is 0 Å². The minimum Gasteiger partial charge on any atom is -0.371 e. The largest absolute Gasteiger partial charge is 0.371 e. The number of anilines is 1. The second kappa shape index (κ2) is 4.77. The standard InChI is InChI=1S/C18H26N2/c1-14-4-5-17-15(11-14)3-2-10-20(17)13-16-12-18(16)6-8-19-9-7-18/h4-5,11,16,19H,2-3,6-10,12-13H2,1H3. The van der Waals surface area contributed by atoms with Gasteiger partial charge in [-0.1, -0.05) is 17.7 Å². The van der Waals surface area contributed by atoms with Crippen molar-refractivity contribution in [2.24, 2.45) is 11.3 Å². The molecule has 1 aliphatic carbocycles. The van der Waals surface area contributed by atoms with Crippen LogP contribution in [0.1, 0.15) is 36.8 Å². The van der Waals surface area contributed by atoms with Gasteiger partial charge in [0.1, 0.15) is 0 Å². The molecule has 2 fully saturated rings. The number of aryl methyl sites for hydroxylation is 2. The van der Waals surface area contributed by atoms with Gasteiger partial charge in [0.05, 0.1) is 0 Å². The van der Waals surface area contributed by atoms with E-state index >= 15 is 0 Å². The number of benzene rings is 1. The van der Waals surface area contributed by atoms with Gasteiger partial charge in [-0.05, 0) is 75.1 Å². The quantitative estimate of drug-likeness (QED) is 0.888. The molecule has 1 N–H and O–H groups in total. The second-order valence-corrected chi connectivity index (χ2v) is 7.20. The van der Waals surface area contributed by atoms with E-state index in [1.54, 1.807) is 5.56 Å². The molecule has 2 heterocycles. The molecule has 1 atom stereocenters. The monoisotopic (exact) mass is 270 g/mol. The highest BCUT2D eigenvalue weighted by atomic mass is 15.1. The molecule has 0 bridgehead atoms. The SMILES string of the molecule is Cc1ccc2c(c1)CCCN2CC1CC12CCNCC2. The van der Waals surface area contributed by atoms with Crippen LogP contribution in [0.2, 0.25) is 0 Å². The van der Waals surface area contributed by atoms with E-state index in [0.29, 0.717) is 5.41 Å². The van der Waals surface area contributed by atoms with Crippen molar-refractivity contribution in [3.05, 3.63) is 29.3 Å². The first-order chi connectivity index (χ1) is 9.77. The lowest BCUT2D eigenvalue weighted by Crippen LogP contribution is -2.35. The van der Waals surface area contributed by atoms with E-state index in [-0.39, 0.29) is 0 Å². The molecule has 108 valence electrons. The van der Waals surface area contributed by atoms with Crippen LogP contribution in [0.5, 0.6) is 0 Å². The lowest BCUT2D eigenvalue weighted by molar-refractivity contribution is 0.322. The highest BCUT2D eigenvalue weighted by molar-refractivity contribution is 5.57. The third kappa shape index (κ3) is 2.14. The molecule has 1 spiro atoms. The second-order valence-electron chi connectivity index (χ2n) is 7.20. The number of nitrogens with zero attached hydrogens (tertiary/aromatic N) is 1. The van der Waals surface area contributed by atoms with Gasteiger partial charge in [-0.25, -0.2) is 0 Å². The number of hydrogen-bond donors (Lipinski definition) is 1. The molecule has 1 unspecified atom stereocenters. The van der Waals surface area contributed by atoms with Crippen LogP contribution in [-0.4, -0.2) is 26.2 Å². The number of piperidine rings is 1. The number of rotatable bonds is 2. The summed E-state index contributed by atoms with van der Waals surface area (Å²) in [5.41, 5.74) is 5.23. The maximum absolute atomic E-state index is 3.51. The molecule has 0 radical (unpaired) electrons. The lowest BCUT2D eigenvalue weighted by atomic mass is 9.91. The molecular weight excluding hydrogens is 244 g/mol. The van der Waals surface area contributed by atoms with Gasteiger partial charge in [-0.15, -0.1) is 0 Å². The topological polar surface area (TPSA) is 15.3 Å². The number of nitrogens with one attached hydrogen (secondary N) is 1. The molecule has 2 aliphatic heterocycles. The van der Waals surface area contributed by atoms with Crippen molar-refractivity contribution in [1.82, 2.24) is 5.32 Å². The minimum atomic E-state index is 0.716. The van der Waals surface area contributed by atoms with Gasteiger partial charge in [0, 0.05) is 18.8 Å². The number of fused-ring (bicyclic) bond motifs is 1. The van der Waals surface area contributed by atoms with Gasteiger partial charge in [0.25, 0.3) is 0 Å². The predicted octanol–water partition coefficient (Wildman–Crippen LogP) is 3.14. The van der Waals surface area contributed by atoms with Gasteiger partial charge in [-0.3, -0.25) is 0 Å². The van der Waals surface area contributed by atoms with Crippen LogP contribution in [0.25, 0.3) is 0 Å². The summed E-state index contributed by atoms with van der Waals surface area (Å²) in [5, 5.41) is 3.51. The summed E-state index contributed by atoms with van der Waals surface area (Å²) in [6.45, 7) is 7.26. The summed E-state index contributed by atoms with van der Waals surface area (Å²) in [4.78, 5) is 2.68. The highest BCUT2D eigenvalue weighted by Crippen LogP contribution is 2.59. The number of hydrogen-bond acceptors (Lipinski definition) is 2. The minimum absolute atomic E-state index is 0.716. The molecular formula is C18H26N2. The van der Waals surface area contributed by atoms with Crippen LogP contribution in [0.15, 0.2) is 18.2 Å². The summed E-state index contributed by atoms with van der Waals surface area (Å²) >= 11 is 0. The Morgan fingerprint density at radius 3 is 3.00 bits per heavy atom. The van der Waals surface area contributed by atoms with Crippen molar-refractivity contribution in [2.75, 3.05) is 31.1 Å². The maximum atomic E-state index is 3.51. The molecule has 1 saturated heterocycles. The molecule has 20 heavy (non-hydrogen) atoms. The van der Waals surface area contributed by atoms with E-state index in [9.17, 15) is 0 Å². The smallest absolute Gasteiger partial charge is 0.0399 e. The van der Waals surface area contributed by atoms with E-state index in [0.717, 1.165) is 5.92 Å². The summed E-state index contributed by atoms with van der Waals surface area (Å²) in [5.74, 6) is 0.955. The highest BCUT2D eigenvalue weighted by Gasteiger charge is 2.54. The molecule has 1 aromatic rings. The van der Waals surface area contributed by atoms with E-state index in [1.165, 1.54) is 69.5 Å². The molecule has 4 rings (SSSR count). The zero-order valence-corrected chi connectivity index (χ0v) is 12.6. The Morgan fingerprint density at radius 2 is 2.15 bits per heavy atom. The summed E-state index contributed by atoms with van der Waals surface area (Å²) < 4.78 is 0. The van der Waals surface area contributed by atoms with Crippen LogP contribution in [-0.2, 0) is 6.42 Å². The Morgan fingerprint density at radius 1 is 1.30 bits per heavy atom. The molecule has 3 aliphatic rings. The summed E-state index contributed by atoms with van der Waals surface area (Å²) in [7, 11) is 0. The van der Waals surface area contributed by atoms with Crippen LogP contribution in [0, 0.1) is 18.3 Å². The fraction of sp³-hybridized carbons (Fsp3) is 0.667. The molecule has 1 aromatic carbocycles. The molecule has 1 saturated carbocycles. The first-order valence-corrected chi connectivity index (χ1v) is 8.32. The average molecular weight is 270 g/mol. The van der Waals surface area contributed by atoms with Crippen molar-refractivity contribution in [3.8, 4) is 0 Å². The molecule has 2 nitrogen and oxygen atoms in total. The van der Waals surface area contributed by atoms with Crippen LogP contribution in [0.3, 0.4) is 0 Å². The van der Waals surface area contributed by atoms with Crippen molar-refractivity contribution >= 4 is 5.69 Å². The van der Waals surface area contributed by atoms with Crippen LogP contribution >= 0.6 is 0 Å². The Kier molecular flexibility index (Phi) is 3.03. The first-order valence-electron chi connectivity index (χ1n) is 8.32. The Hall–Kier alpha value is -1.02. The first kappa shape index (κ1) is 12.7. The van der Waals surface area contributed by atoms with Gasteiger partial charge < -0.3 is 10.2 Å². The van der Waals surface area contributed by atoms with Crippen LogP contribution < -0.4 is 10.2 Å². The van der Waals surface area contributed by atoms with Gasteiger partial charge >= 0.3 is 0 Å². The molecule has 2 heteroatoms. The summed E-state index contributed by atoms with van der Waals surface area (Å²) in [6, 6.07) is 7.04. The zero-order valence-electron chi connectivity index (χ0n) is 12.6. The average Bonchev–Trinajstić information content (AvgIpc) is 3.11. The fourth-order valence-electron chi connectivity index (χ4n) is 4.49. The predicted molar refractivity (Wildman–Crippen MR) is 84.4 cm³/mol. The zero-order chi connectivity index (χ0) is 13.6. The molecule has 0 amide bonds. The summed E-state index contributed by atoms with van der Waals surface area (Å²) in [6.07, 6.45) is 6.90. The van der Waals surface area contributed by atoms with Gasteiger partial charge in [0.15, 0.2) is 0 Å². The van der Waals surface area contributed by atoms with E-state index in [4.69, 9.17) is 0 Å². The van der Waals surface area contributed by atoms with Crippen molar-refractivity contribution in [3.63, 3.8) is 0 Å². The van der Waals surface area contributed by atoms with Gasteiger partial charge in [0.2, 0.25) is 0 Å². The fourth-order valence-corrected chi connectivity index (χ4v) is 4.49. The third-order valence-electron chi connectivity index (χ3n) is 5.85. The van der Waals surface area contributed by atoms with Gasteiger partial charge in [-0.2, -0.15) is 0 Å². The molecule has 0 aromatic heterocycles. The van der Waals surface area contributed by atoms with Crippen molar-refractivity contribution in [2.45, 2.75) is 39.0 Å². The van der Waals surface area contributed by atoms with E-state index < -0.39 is 0 Å². The Balaban J connectivity index is 1.49. The third-order valence-corrected chi connectivity index (χ3v) is 5.85. The lowest BCUT2D eigenvalue weighted by Gasteiger charge is -2.33. The Bertz CT molecular complexity index is 502. The van der Waals surface area contributed by atoms with Crippen LogP contribution in [0.4, 0.5) is 5.69 Å². The Labute approximate surface area is 122 Å². The maximum Gasteiger partial charge on any atom is 0.0399 e. The van der Waals surface area contributed by atoms with E-state index in [2.05, 4.69) is 35.3 Å².